The molecule has 12 heavy (non-hydrogen) atoms. The fraction of sp³-hybridized carbons (Fsp3) is 0.875. The molecule has 1 saturated heterocycles. The van der Waals surface area contributed by atoms with Crippen molar-refractivity contribution >= 4 is 5.91 Å². The van der Waals surface area contributed by atoms with Crippen LogP contribution in [0.4, 0.5) is 0 Å². The molecular weight excluding hydrogens is 154 g/mol. The van der Waals surface area contributed by atoms with Gasteiger partial charge in [0.05, 0.1) is 5.92 Å². The maximum Gasteiger partial charge on any atom is 0.226 e. The van der Waals surface area contributed by atoms with Crippen molar-refractivity contribution in [1.29, 1.82) is 0 Å². The molecule has 1 atom stereocenters. The number of hydrogen-bond acceptors (Lipinski definition) is 3. The van der Waals surface area contributed by atoms with Gasteiger partial charge in [-0.15, -0.1) is 0 Å². The molecule has 70 valence electrons. The second-order valence-corrected chi connectivity index (χ2v) is 3.57. The fourth-order valence-corrected chi connectivity index (χ4v) is 1.57. The first-order valence-corrected chi connectivity index (χ1v) is 4.32. The minimum atomic E-state index is 0.110. The molecule has 1 aliphatic rings. The van der Waals surface area contributed by atoms with Crippen LogP contribution in [0.5, 0.6) is 0 Å². The van der Waals surface area contributed by atoms with Crippen LogP contribution >= 0.6 is 0 Å². The highest BCUT2D eigenvalue weighted by molar-refractivity contribution is 5.78. The van der Waals surface area contributed by atoms with Crippen molar-refractivity contribution in [3.05, 3.63) is 0 Å². The van der Waals surface area contributed by atoms with Gasteiger partial charge in [-0.1, -0.05) is 0 Å². The Morgan fingerprint density at radius 3 is 2.75 bits per heavy atom. The van der Waals surface area contributed by atoms with Crippen molar-refractivity contribution in [2.75, 3.05) is 27.2 Å². The Bertz CT molecular complexity index is 170. The Balaban J connectivity index is 2.46. The average molecular weight is 171 g/mol. The zero-order chi connectivity index (χ0) is 9.14. The number of hydrazine groups is 1. The number of amides is 1. The van der Waals surface area contributed by atoms with Gasteiger partial charge < -0.3 is 4.90 Å². The topological polar surface area (TPSA) is 49.6 Å². The molecule has 1 amide bonds. The van der Waals surface area contributed by atoms with Gasteiger partial charge in [0.15, 0.2) is 0 Å². The predicted molar refractivity (Wildman–Crippen MR) is 47.2 cm³/mol. The van der Waals surface area contributed by atoms with E-state index in [1.807, 2.05) is 0 Å². The second kappa shape index (κ2) is 3.87. The average Bonchev–Trinajstić information content (AvgIpc) is 2.03. The van der Waals surface area contributed by atoms with Crippen LogP contribution < -0.4 is 5.84 Å². The zero-order valence-corrected chi connectivity index (χ0v) is 7.79. The summed E-state index contributed by atoms with van der Waals surface area (Å²) in [4.78, 5) is 13.1. The van der Waals surface area contributed by atoms with Crippen LogP contribution in [0.2, 0.25) is 0 Å². The molecule has 4 heteroatoms. The van der Waals surface area contributed by atoms with E-state index in [1.165, 1.54) is 0 Å². The Labute approximate surface area is 73.3 Å². The molecule has 0 aliphatic carbocycles. The van der Waals surface area contributed by atoms with Crippen molar-refractivity contribution in [3.8, 4) is 0 Å². The summed E-state index contributed by atoms with van der Waals surface area (Å²) in [5.41, 5.74) is 0. The highest BCUT2D eigenvalue weighted by Gasteiger charge is 2.25. The number of nitrogens with zero attached hydrogens (tertiary/aromatic N) is 2. The Morgan fingerprint density at radius 1 is 1.58 bits per heavy atom. The summed E-state index contributed by atoms with van der Waals surface area (Å²) in [6.07, 6.45) is 2.01. The van der Waals surface area contributed by atoms with Crippen molar-refractivity contribution < 1.29 is 4.79 Å². The zero-order valence-electron chi connectivity index (χ0n) is 7.79. The molecule has 1 fully saturated rings. The van der Waals surface area contributed by atoms with E-state index < -0.39 is 0 Å². The van der Waals surface area contributed by atoms with Crippen molar-refractivity contribution in [1.82, 2.24) is 9.91 Å². The maximum absolute atomic E-state index is 11.5. The molecule has 0 aromatic heterocycles. The monoisotopic (exact) mass is 171 g/mol. The Kier molecular flexibility index (Phi) is 3.05. The minimum absolute atomic E-state index is 0.110. The van der Waals surface area contributed by atoms with Crippen LogP contribution in [0.3, 0.4) is 0 Å². The van der Waals surface area contributed by atoms with E-state index in [0.29, 0.717) is 6.54 Å². The molecule has 0 radical (unpaired) electrons. The molecule has 4 nitrogen and oxygen atoms in total. The van der Waals surface area contributed by atoms with Crippen LogP contribution in [-0.2, 0) is 4.79 Å². The van der Waals surface area contributed by atoms with E-state index in [2.05, 4.69) is 0 Å². The lowest BCUT2D eigenvalue weighted by atomic mass is 9.98. The van der Waals surface area contributed by atoms with E-state index in [4.69, 9.17) is 5.84 Å². The molecule has 0 aromatic carbocycles. The lowest BCUT2D eigenvalue weighted by molar-refractivity contribution is -0.134. The lowest BCUT2D eigenvalue weighted by Gasteiger charge is -2.29. The van der Waals surface area contributed by atoms with E-state index in [0.717, 1.165) is 19.4 Å². The van der Waals surface area contributed by atoms with E-state index in [1.54, 1.807) is 24.0 Å². The van der Waals surface area contributed by atoms with Crippen LogP contribution in [0.1, 0.15) is 12.8 Å². The molecule has 2 N–H and O–H groups in total. The Morgan fingerprint density at radius 2 is 2.25 bits per heavy atom. The molecule has 1 aliphatic heterocycles. The number of carbonyl (C=O) groups is 1. The number of carbonyl (C=O) groups excluding carboxylic acids is 1. The molecule has 1 heterocycles. The lowest BCUT2D eigenvalue weighted by Crippen LogP contribution is -2.45. The minimum Gasteiger partial charge on any atom is -0.349 e. The van der Waals surface area contributed by atoms with Crippen molar-refractivity contribution in [3.63, 3.8) is 0 Å². The summed E-state index contributed by atoms with van der Waals surface area (Å²) in [7, 11) is 3.58. The molecule has 0 unspecified atom stereocenters. The van der Waals surface area contributed by atoms with Crippen LogP contribution in [0.15, 0.2) is 0 Å². The number of piperidine rings is 1. The fourth-order valence-electron chi connectivity index (χ4n) is 1.57. The van der Waals surface area contributed by atoms with Gasteiger partial charge in [-0.2, -0.15) is 0 Å². The largest absolute Gasteiger partial charge is 0.349 e. The van der Waals surface area contributed by atoms with Gasteiger partial charge in [0.25, 0.3) is 0 Å². The SMILES string of the molecule is CN(C)C(=O)[C@H]1CCCN(N)C1. The normalized spacial score (nSPS) is 25.4. The van der Waals surface area contributed by atoms with Crippen LogP contribution in [0.25, 0.3) is 0 Å². The van der Waals surface area contributed by atoms with Gasteiger partial charge >= 0.3 is 0 Å². The first-order chi connectivity index (χ1) is 5.61. The third-order valence-electron chi connectivity index (χ3n) is 2.24. The highest BCUT2D eigenvalue weighted by atomic mass is 16.2. The molecule has 0 bridgehead atoms. The number of nitrogens with two attached hydrogens (primary N) is 1. The second-order valence-electron chi connectivity index (χ2n) is 3.57. The third kappa shape index (κ3) is 2.19. The van der Waals surface area contributed by atoms with Gasteiger partial charge in [-0.3, -0.25) is 10.6 Å². The van der Waals surface area contributed by atoms with Crippen LogP contribution in [0, 0.1) is 5.92 Å². The Hall–Kier alpha value is -0.610. The van der Waals surface area contributed by atoms with Crippen molar-refractivity contribution in [2.45, 2.75) is 12.8 Å². The summed E-state index contributed by atoms with van der Waals surface area (Å²) in [6, 6.07) is 0. The van der Waals surface area contributed by atoms with Gasteiger partial charge in [-0.25, -0.2) is 5.01 Å². The maximum atomic E-state index is 11.5. The predicted octanol–water partition coefficient (Wildman–Crippen LogP) is -0.340. The summed E-state index contributed by atoms with van der Waals surface area (Å²) in [5, 5.41) is 1.73. The van der Waals surface area contributed by atoms with E-state index in [-0.39, 0.29) is 11.8 Å². The first-order valence-electron chi connectivity index (χ1n) is 4.32. The summed E-state index contributed by atoms with van der Waals surface area (Å²) in [5.74, 6) is 5.93. The quantitative estimate of drug-likeness (QED) is 0.549. The summed E-state index contributed by atoms with van der Waals surface area (Å²) in [6.45, 7) is 1.62. The van der Waals surface area contributed by atoms with E-state index >= 15 is 0 Å². The molecule has 0 saturated carbocycles. The van der Waals surface area contributed by atoms with Crippen LogP contribution in [-0.4, -0.2) is 43.0 Å². The molecule has 0 spiro atoms. The smallest absolute Gasteiger partial charge is 0.226 e. The number of rotatable bonds is 1. The summed E-state index contributed by atoms with van der Waals surface area (Å²) < 4.78 is 0. The summed E-state index contributed by atoms with van der Waals surface area (Å²) >= 11 is 0. The van der Waals surface area contributed by atoms with Gasteiger partial charge in [0.2, 0.25) is 5.91 Å². The molecular formula is C8H17N3O. The van der Waals surface area contributed by atoms with Crippen molar-refractivity contribution in [2.24, 2.45) is 11.8 Å². The molecule has 0 aromatic rings. The molecule has 1 rings (SSSR count). The van der Waals surface area contributed by atoms with Gasteiger partial charge in [0.1, 0.15) is 0 Å². The highest BCUT2D eigenvalue weighted by Crippen LogP contribution is 2.15. The first kappa shape index (κ1) is 9.48. The third-order valence-corrected chi connectivity index (χ3v) is 2.24. The van der Waals surface area contributed by atoms with E-state index in [9.17, 15) is 4.79 Å². The number of hydrogen-bond donors (Lipinski definition) is 1. The van der Waals surface area contributed by atoms with Gasteiger partial charge in [-0.05, 0) is 12.8 Å². The van der Waals surface area contributed by atoms with Gasteiger partial charge in [0, 0.05) is 27.2 Å². The standard InChI is InChI=1S/C8H17N3O/c1-10(2)8(12)7-4-3-5-11(9)6-7/h7H,3-6,9H2,1-2H3/t7-/m0/s1.